The molecule has 0 aromatic heterocycles. The maximum atomic E-state index is 5.18. The molecule has 1 heterocycles. The van der Waals surface area contributed by atoms with Crippen molar-refractivity contribution in [3.05, 3.63) is 29.8 Å². The van der Waals surface area contributed by atoms with Crippen LogP contribution in [0.25, 0.3) is 0 Å². The van der Waals surface area contributed by atoms with Crippen LogP contribution in [0.4, 0.5) is 0 Å². The van der Waals surface area contributed by atoms with E-state index in [2.05, 4.69) is 17.4 Å². The third-order valence-electron chi connectivity index (χ3n) is 2.36. The van der Waals surface area contributed by atoms with Crippen molar-refractivity contribution in [2.45, 2.75) is 11.0 Å². The molecule has 1 aromatic carbocycles. The Balaban J connectivity index is 1.87. The Morgan fingerprint density at radius 2 is 2.36 bits per heavy atom. The highest BCUT2D eigenvalue weighted by molar-refractivity contribution is 7.99. The summed E-state index contributed by atoms with van der Waals surface area (Å²) >= 11 is 2.02. The average Bonchev–Trinajstić information content (AvgIpc) is 2.16. The number of hydrogen-bond acceptors (Lipinski definition) is 3. The van der Waals surface area contributed by atoms with Crippen molar-refractivity contribution >= 4 is 11.8 Å². The van der Waals surface area contributed by atoms with E-state index in [9.17, 15) is 0 Å². The zero-order valence-corrected chi connectivity index (χ0v) is 9.14. The van der Waals surface area contributed by atoms with Gasteiger partial charge in [0.25, 0.3) is 0 Å². The zero-order chi connectivity index (χ0) is 9.80. The van der Waals surface area contributed by atoms with E-state index < -0.39 is 0 Å². The van der Waals surface area contributed by atoms with E-state index in [0.29, 0.717) is 0 Å². The number of rotatable bonds is 4. The van der Waals surface area contributed by atoms with E-state index in [0.717, 1.165) is 29.8 Å². The van der Waals surface area contributed by atoms with Crippen molar-refractivity contribution in [2.75, 3.05) is 20.2 Å². The number of thioether (sulfide) groups is 1. The lowest BCUT2D eigenvalue weighted by atomic mass is 10.2. The van der Waals surface area contributed by atoms with Crippen LogP contribution in [0.3, 0.4) is 0 Å². The van der Waals surface area contributed by atoms with Gasteiger partial charge in [0.2, 0.25) is 0 Å². The molecule has 14 heavy (non-hydrogen) atoms. The molecular weight excluding hydrogens is 194 g/mol. The highest BCUT2D eigenvalue weighted by atomic mass is 32.2. The molecule has 0 radical (unpaired) electrons. The minimum absolute atomic E-state index is 0.807. The summed E-state index contributed by atoms with van der Waals surface area (Å²) in [6.07, 6.45) is 0. The highest BCUT2D eigenvalue weighted by Crippen LogP contribution is 2.22. The van der Waals surface area contributed by atoms with E-state index in [4.69, 9.17) is 4.74 Å². The van der Waals surface area contributed by atoms with Gasteiger partial charge in [-0.2, -0.15) is 11.8 Å². The summed E-state index contributed by atoms with van der Waals surface area (Å²) in [5.41, 5.74) is 1.35. The topological polar surface area (TPSA) is 21.3 Å². The fraction of sp³-hybridized carbons (Fsp3) is 0.455. The van der Waals surface area contributed by atoms with Gasteiger partial charge in [-0.15, -0.1) is 0 Å². The first-order valence-corrected chi connectivity index (χ1v) is 5.88. The van der Waals surface area contributed by atoms with Crippen molar-refractivity contribution in [3.8, 4) is 5.75 Å². The summed E-state index contributed by atoms with van der Waals surface area (Å²) < 4.78 is 5.18. The Labute approximate surface area is 89.0 Å². The van der Waals surface area contributed by atoms with Gasteiger partial charge in [0.15, 0.2) is 0 Å². The second kappa shape index (κ2) is 4.71. The second-order valence-corrected chi connectivity index (χ2v) is 4.73. The first-order valence-electron chi connectivity index (χ1n) is 4.84. The molecule has 0 spiro atoms. The number of methoxy groups -OCH3 is 1. The molecule has 0 saturated carbocycles. The summed E-state index contributed by atoms with van der Waals surface area (Å²) in [5.74, 6) is 2.04. The largest absolute Gasteiger partial charge is 0.497 e. The van der Waals surface area contributed by atoms with Gasteiger partial charge in [-0.05, 0) is 17.7 Å². The molecule has 1 aromatic rings. The first-order chi connectivity index (χ1) is 6.88. The first kappa shape index (κ1) is 9.87. The van der Waals surface area contributed by atoms with E-state index in [1.165, 1.54) is 5.56 Å². The van der Waals surface area contributed by atoms with Gasteiger partial charge in [-0.1, -0.05) is 12.1 Å². The third-order valence-corrected chi connectivity index (χ3v) is 3.67. The van der Waals surface area contributed by atoms with Crippen LogP contribution in [0, 0.1) is 0 Å². The minimum Gasteiger partial charge on any atom is -0.497 e. The minimum atomic E-state index is 0.807. The Bertz CT molecular complexity index is 299. The zero-order valence-electron chi connectivity index (χ0n) is 8.32. The smallest absolute Gasteiger partial charge is 0.119 e. The summed E-state index contributed by atoms with van der Waals surface area (Å²) in [6.45, 7) is 2.32. The summed E-state index contributed by atoms with van der Waals surface area (Å²) in [7, 11) is 1.71. The lowest BCUT2D eigenvalue weighted by Gasteiger charge is -2.26. The Hall–Kier alpha value is -0.670. The summed E-state index contributed by atoms with van der Waals surface area (Å²) in [4.78, 5) is 0. The van der Waals surface area contributed by atoms with Crippen LogP contribution in [0.5, 0.6) is 5.75 Å². The van der Waals surface area contributed by atoms with Gasteiger partial charge >= 0.3 is 0 Å². The molecule has 0 atom stereocenters. The lowest BCUT2D eigenvalue weighted by molar-refractivity contribution is 0.414. The maximum absolute atomic E-state index is 5.18. The van der Waals surface area contributed by atoms with Crippen LogP contribution in [-0.4, -0.2) is 25.4 Å². The Morgan fingerprint density at radius 1 is 1.50 bits per heavy atom. The van der Waals surface area contributed by atoms with Gasteiger partial charge in [0.05, 0.1) is 7.11 Å². The molecule has 2 nitrogen and oxygen atoms in total. The van der Waals surface area contributed by atoms with Crippen molar-refractivity contribution in [1.82, 2.24) is 5.32 Å². The average molecular weight is 209 g/mol. The van der Waals surface area contributed by atoms with Crippen LogP contribution >= 0.6 is 11.8 Å². The van der Waals surface area contributed by atoms with Crippen molar-refractivity contribution in [2.24, 2.45) is 0 Å². The highest BCUT2D eigenvalue weighted by Gasteiger charge is 2.16. The molecule has 0 bridgehead atoms. The molecule has 1 fully saturated rings. The van der Waals surface area contributed by atoms with E-state index in [1.54, 1.807) is 7.11 Å². The molecule has 0 aliphatic carbocycles. The molecule has 1 aliphatic rings. The fourth-order valence-electron chi connectivity index (χ4n) is 1.36. The number of ether oxygens (including phenoxy) is 1. The quantitative estimate of drug-likeness (QED) is 0.818. The normalized spacial score (nSPS) is 16.4. The van der Waals surface area contributed by atoms with Gasteiger partial charge in [0.1, 0.15) is 5.75 Å². The van der Waals surface area contributed by atoms with Gasteiger partial charge in [-0.25, -0.2) is 0 Å². The maximum Gasteiger partial charge on any atom is 0.119 e. The Kier molecular flexibility index (Phi) is 3.32. The van der Waals surface area contributed by atoms with Crippen LogP contribution in [0.1, 0.15) is 5.56 Å². The monoisotopic (exact) mass is 209 g/mol. The van der Waals surface area contributed by atoms with E-state index in [1.807, 2.05) is 23.9 Å². The van der Waals surface area contributed by atoms with Crippen LogP contribution in [0.15, 0.2) is 24.3 Å². The fourth-order valence-corrected chi connectivity index (χ4v) is 2.44. The van der Waals surface area contributed by atoms with Gasteiger partial charge < -0.3 is 10.1 Å². The molecule has 0 unspecified atom stereocenters. The van der Waals surface area contributed by atoms with Crippen LogP contribution in [0.2, 0.25) is 0 Å². The predicted molar refractivity (Wildman–Crippen MR) is 60.9 cm³/mol. The van der Waals surface area contributed by atoms with Crippen LogP contribution < -0.4 is 10.1 Å². The lowest BCUT2D eigenvalue weighted by Crippen LogP contribution is -2.44. The summed E-state index contributed by atoms with van der Waals surface area (Å²) in [5, 5.41) is 4.08. The molecule has 3 heteroatoms. The molecule has 76 valence electrons. The number of nitrogens with one attached hydrogen (secondary N) is 1. The molecule has 2 rings (SSSR count). The molecule has 1 saturated heterocycles. The predicted octanol–water partition coefficient (Wildman–Crippen LogP) is 1.90. The van der Waals surface area contributed by atoms with Gasteiger partial charge in [0, 0.05) is 24.1 Å². The SMILES string of the molecule is COc1cccc(CSC2CNC2)c1. The van der Waals surface area contributed by atoms with E-state index >= 15 is 0 Å². The van der Waals surface area contributed by atoms with Gasteiger partial charge in [-0.3, -0.25) is 0 Å². The van der Waals surface area contributed by atoms with Crippen molar-refractivity contribution in [1.29, 1.82) is 0 Å². The van der Waals surface area contributed by atoms with Crippen molar-refractivity contribution < 1.29 is 4.74 Å². The molecule has 0 amide bonds. The van der Waals surface area contributed by atoms with Crippen LogP contribution in [-0.2, 0) is 5.75 Å². The van der Waals surface area contributed by atoms with E-state index in [-0.39, 0.29) is 0 Å². The number of hydrogen-bond donors (Lipinski definition) is 1. The second-order valence-electron chi connectivity index (χ2n) is 3.44. The molecular formula is C11H15NOS. The third kappa shape index (κ3) is 2.42. The summed E-state index contributed by atoms with van der Waals surface area (Å²) in [6, 6.07) is 8.30. The molecule has 1 N–H and O–H groups in total. The number of benzene rings is 1. The standard InChI is InChI=1S/C11H15NOS/c1-13-10-4-2-3-9(5-10)8-14-11-6-12-7-11/h2-5,11-12H,6-8H2,1H3. The Morgan fingerprint density at radius 3 is 3.00 bits per heavy atom. The molecule has 1 aliphatic heterocycles. The van der Waals surface area contributed by atoms with Crippen molar-refractivity contribution in [3.63, 3.8) is 0 Å².